The van der Waals surface area contributed by atoms with E-state index in [4.69, 9.17) is 16.7 Å². The van der Waals surface area contributed by atoms with Gasteiger partial charge in [0.2, 0.25) is 0 Å². The first-order valence-corrected chi connectivity index (χ1v) is 6.51. The topological polar surface area (TPSA) is 37.3 Å². The molecular weight excluding hydrogens is 236 g/mol. The molecule has 1 aromatic rings. The third-order valence-electron chi connectivity index (χ3n) is 3.66. The Hall–Kier alpha value is -1.02. The van der Waals surface area contributed by atoms with E-state index < -0.39 is 5.97 Å². The van der Waals surface area contributed by atoms with E-state index in [0.29, 0.717) is 18.3 Å². The van der Waals surface area contributed by atoms with Crippen LogP contribution in [0.3, 0.4) is 0 Å². The lowest BCUT2D eigenvalue weighted by Gasteiger charge is -2.28. The minimum Gasteiger partial charge on any atom is -0.481 e. The number of aliphatic carboxylic acids is 1. The van der Waals surface area contributed by atoms with E-state index in [9.17, 15) is 4.79 Å². The van der Waals surface area contributed by atoms with Crippen molar-refractivity contribution < 1.29 is 9.90 Å². The summed E-state index contributed by atoms with van der Waals surface area (Å²) in [6.07, 6.45) is 4.43. The Bertz CT molecular complexity index is 395. The van der Waals surface area contributed by atoms with E-state index in [1.54, 1.807) is 0 Å². The van der Waals surface area contributed by atoms with Crippen LogP contribution in [-0.4, -0.2) is 11.1 Å². The van der Waals surface area contributed by atoms with E-state index in [1.807, 2.05) is 18.2 Å². The number of rotatable bonds is 3. The predicted molar refractivity (Wildman–Crippen MR) is 68.4 cm³/mol. The van der Waals surface area contributed by atoms with Gasteiger partial charge in [-0.25, -0.2) is 0 Å². The van der Waals surface area contributed by atoms with Crippen molar-refractivity contribution in [1.29, 1.82) is 0 Å². The molecule has 0 radical (unpaired) electrons. The Balaban J connectivity index is 1.95. The fourth-order valence-corrected chi connectivity index (χ4v) is 3.02. The summed E-state index contributed by atoms with van der Waals surface area (Å²) in [5.74, 6) is 0.186. The highest BCUT2D eigenvalue weighted by Gasteiger charge is 2.24. The highest BCUT2D eigenvalue weighted by molar-refractivity contribution is 6.31. The van der Waals surface area contributed by atoms with Crippen molar-refractivity contribution in [3.05, 3.63) is 34.9 Å². The molecule has 0 aliphatic heterocycles. The molecule has 1 aliphatic rings. The van der Waals surface area contributed by atoms with E-state index in [-0.39, 0.29) is 0 Å². The van der Waals surface area contributed by atoms with E-state index in [0.717, 1.165) is 30.7 Å². The van der Waals surface area contributed by atoms with E-state index in [2.05, 4.69) is 6.07 Å². The first kappa shape index (κ1) is 12.4. The molecule has 0 spiro atoms. The molecule has 0 aromatic heterocycles. The van der Waals surface area contributed by atoms with Crippen LogP contribution >= 0.6 is 11.6 Å². The third kappa shape index (κ3) is 3.22. The molecule has 0 saturated heterocycles. The van der Waals surface area contributed by atoms with Gasteiger partial charge in [-0.2, -0.15) is 0 Å². The standard InChI is InChI=1S/C14H17ClO2/c15-13-4-2-1-3-12(13)11-7-5-10(6-8-11)9-14(16)17/h1-4,10-11H,5-9H2,(H,16,17). The average Bonchev–Trinajstić information content (AvgIpc) is 2.30. The van der Waals surface area contributed by atoms with Crippen molar-refractivity contribution in [3.63, 3.8) is 0 Å². The fourth-order valence-electron chi connectivity index (χ4n) is 2.73. The van der Waals surface area contributed by atoms with Gasteiger partial charge in [0.1, 0.15) is 0 Å². The molecule has 2 rings (SSSR count). The Morgan fingerprint density at radius 2 is 1.88 bits per heavy atom. The van der Waals surface area contributed by atoms with Gasteiger partial charge < -0.3 is 5.11 Å². The number of benzene rings is 1. The van der Waals surface area contributed by atoms with Crippen LogP contribution in [-0.2, 0) is 4.79 Å². The monoisotopic (exact) mass is 252 g/mol. The zero-order valence-corrected chi connectivity index (χ0v) is 10.5. The zero-order valence-electron chi connectivity index (χ0n) is 9.73. The average molecular weight is 253 g/mol. The largest absolute Gasteiger partial charge is 0.481 e. The lowest BCUT2D eigenvalue weighted by atomic mass is 9.77. The zero-order chi connectivity index (χ0) is 12.3. The number of halogens is 1. The van der Waals surface area contributed by atoms with Crippen molar-refractivity contribution >= 4 is 17.6 Å². The van der Waals surface area contributed by atoms with Gasteiger partial charge in [-0.3, -0.25) is 4.79 Å². The second-order valence-electron chi connectivity index (χ2n) is 4.84. The summed E-state index contributed by atoms with van der Waals surface area (Å²) in [5, 5.41) is 9.61. The van der Waals surface area contributed by atoms with Crippen LogP contribution in [0.1, 0.15) is 43.6 Å². The third-order valence-corrected chi connectivity index (χ3v) is 4.00. The van der Waals surface area contributed by atoms with Gasteiger partial charge in [-0.1, -0.05) is 29.8 Å². The Morgan fingerprint density at radius 3 is 2.47 bits per heavy atom. The molecule has 17 heavy (non-hydrogen) atoms. The van der Waals surface area contributed by atoms with Crippen LogP contribution in [0.15, 0.2) is 24.3 Å². The van der Waals surface area contributed by atoms with Crippen LogP contribution in [0.4, 0.5) is 0 Å². The van der Waals surface area contributed by atoms with Crippen LogP contribution in [0.5, 0.6) is 0 Å². The molecule has 1 saturated carbocycles. The summed E-state index contributed by atoms with van der Waals surface area (Å²) < 4.78 is 0. The molecule has 1 aromatic carbocycles. The maximum Gasteiger partial charge on any atom is 0.303 e. The van der Waals surface area contributed by atoms with Gasteiger partial charge in [0.05, 0.1) is 0 Å². The minimum atomic E-state index is -0.675. The molecule has 0 bridgehead atoms. The second kappa shape index (κ2) is 5.54. The van der Waals surface area contributed by atoms with Crippen molar-refractivity contribution in [3.8, 4) is 0 Å². The lowest BCUT2D eigenvalue weighted by molar-refractivity contribution is -0.138. The first-order chi connectivity index (χ1) is 8.16. The summed E-state index contributed by atoms with van der Waals surface area (Å²) in [4.78, 5) is 10.7. The van der Waals surface area contributed by atoms with Crippen LogP contribution in [0, 0.1) is 5.92 Å². The molecule has 0 heterocycles. The van der Waals surface area contributed by atoms with Gasteiger partial charge >= 0.3 is 5.97 Å². The molecule has 92 valence electrons. The van der Waals surface area contributed by atoms with Gasteiger partial charge in [-0.05, 0) is 49.1 Å². The number of hydrogen-bond acceptors (Lipinski definition) is 1. The van der Waals surface area contributed by atoms with Gasteiger partial charge in [0.15, 0.2) is 0 Å². The van der Waals surface area contributed by atoms with Crippen molar-refractivity contribution in [2.75, 3.05) is 0 Å². The molecule has 0 amide bonds. The highest BCUT2D eigenvalue weighted by atomic mass is 35.5. The van der Waals surface area contributed by atoms with Crippen LogP contribution in [0.25, 0.3) is 0 Å². The highest BCUT2D eigenvalue weighted by Crippen LogP contribution is 2.39. The quantitative estimate of drug-likeness (QED) is 0.880. The summed E-state index contributed by atoms with van der Waals surface area (Å²) in [7, 11) is 0. The summed E-state index contributed by atoms with van der Waals surface area (Å²) in [5.41, 5.74) is 1.22. The maximum absolute atomic E-state index is 10.7. The van der Waals surface area contributed by atoms with Crippen molar-refractivity contribution in [2.24, 2.45) is 5.92 Å². The Labute approximate surface area is 107 Å². The number of carboxylic acids is 1. The van der Waals surface area contributed by atoms with Gasteiger partial charge in [0, 0.05) is 11.4 Å². The minimum absolute atomic E-state index is 0.315. The normalized spacial score (nSPS) is 24.5. The smallest absolute Gasteiger partial charge is 0.303 e. The molecule has 0 atom stereocenters. The number of carboxylic acid groups (broad SMARTS) is 1. The summed E-state index contributed by atoms with van der Waals surface area (Å²) >= 11 is 6.18. The first-order valence-electron chi connectivity index (χ1n) is 6.13. The molecule has 1 N–H and O–H groups in total. The van der Waals surface area contributed by atoms with Crippen molar-refractivity contribution in [1.82, 2.24) is 0 Å². The SMILES string of the molecule is O=C(O)CC1CCC(c2ccccc2Cl)CC1. The van der Waals surface area contributed by atoms with E-state index >= 15 is 0 Å². The number of hydrogen-bond donors (Lipinski definition) is 1. The van der Waals surface area contributed by atoms with E-state index in [1.165, 1.54) is 5.56 Å². The molecule has 2 nitrogen and oxygen atoms in total. The molecular formula is C14H17ClO2. The van der Waals surface area contributed by atoms with Gasteiger partial charge in [-0.15, -0.1) is 0 Å². The fraction of sp³-hybridized carbons (Fsp3) is 0.500. The summed E-state index contributed by atoms with van der Waals surface area (Å²) in [6, 6.07) is 7.98. The maximum atomic E-state index is 10.7. The molecule has 1 aliphatic carbocycles. The number of carbonyl (C=O) groups is 1. The molecule has 1 fully saturated rings. The lowest BCUT2D eigenvalue weighted by Crippen LogP contribution is -2.16. The van der Waals surface area contributed by atoms with Crippen LogP contribution in [0.2, 0.25) is 5.02 Å². The molecule has 3 heteroatoms. The second-order valence-corrected chi connectivity index (χ2v) is 5.24. The summed E-state index contributed by atoms with van der Waals surface area (Å²) in [6.45, 7) is 0. The Kier molecular flexibility index (Phi) is 4.06. The van der Waals surface area contributed by atoms with Crippen LogP contribution < -0.4 is 0 Å². The predicted octanol–water partition coefficient (Wildman–Crippen LogP) is 4.09. The van der Waals surface area contributed by atoms with Gasteiger partial charge in [0.25, 0.3) is 0 Å². The van der Waals surface area contributed by atoms with Crippen molar-refractivity contribution in [2.45, 2.75) is 38.0 Å². The Morgan fingerprint density at radius 1 is 1.24 bits per heavy atom. The molecule has 0 unspecified atom stereocenters.